The Morgan fingerprint density at radius 2 is 1.62 bits per heavy atom. The van der Waals surface area contributed by atoms with Crippen molar-refractivity contribution in [3.63, 3.8) is 0 Å². The zero-order chi connectivity index (χ0) is 16.9. The topological polar surface area (TPSA) is 35.5 Å². The molecule has 2 spiro atoms. The van der Waals surface area contributed by atoms with E-state index in [2.05, 4.69) is 39.0 Å². The van der Waals surface area contributed by atoms with Gasteiger partial charge in [0, 0.05) is 6.61 Å². The number of ether oxygens (including phenoxy) is 2. The lowest BCUT2D eigenvalue weighted by Crippen LogP contribution is -2.42. The van der Waals surface area contributed by atoms with Crippen molar-refractivity contribution in [3.8, 4) is 0 Å². The van der Waals surface area contributed by atoms with Crippen LogP contribution in [0.15, 0.2) is 18.2 Å². The highest BCUT2D eigenvalue weighted by atomic mass is 16.6. The third kappa shape index (κ3) is 2.50. The van der Waals surface area contributed by atoms with Crippen LogP contribution in [0.3, 0.4) is 0 Å². The van der Waals surface area contributed by atoms with Crippen LogP contribution in [0.4, 0.5) is 0 Å². The average molecular weight is 326 g/mol. The highest BCUT2D eigenvalue weighted by Gasteiger charge is 2.49. The number of esters is 1. The molecule has 4 rings (SSSR count). The highest BCUT2D eigenvalue weighted by Crippen LogP contribution is 2.48. The van der Waals surface area contributed by atoms with Crippen molar-refractivity contribution in [3.05, 3.63) is 40.5 Å². The smallest absolute Gasteiger partial charge is 0.339 e. The van der Waals surface area contributed by atoms with Gasteiger partial charge >= 0.3 is 5.97 Å². The maximum atomic E-state index is 12.6. The summed E-state index contributed by atoms with van der Waals surface area (Å²) in [6.07, 6.45) is 8.19. The maximum absolute atomic E-state index is 12.6. The largest absolute Gasteiger partial charge is 0.451 e. The van der Waals surface area contributed by atoms with Gasteiger partial charge in [-0.15, -0.1) is 0 Å². The normalized spacial score (nSPS) is 32.5. The van der Waals surface area contributed by atoms with Gasteiger partial charge in [0.1, 0.15) is 5.60 Å². The van der Waals surface area contributed by atoms with Crippen LogP contribution in [0.5, 0.6) is 0 Å². The van der Waals surface area contributed by atoms with E-state index in [-0.39, 0.29) is 11.6 Å². The molecule has 0 radical (unpaired) electrons. The van der Waals surface area contributed by atoms with Crippen LogP contribution in [-0.2, 0) is 14.3 Å². The van der Waals surface area contributed by atoms with Crippen molar-refractivity contribution in [1.29, 1.82) is 0 Å². The van der Waals surface area contributed by atoms with Gasteiger partial charge in [0.05, 0.1) is 11.2 Å². The molecule has 1 aliphatic carbocycles. The molecule has 128 valence electrons. The molecule has 0 amide bonds. The summed E-state index contributed by atoms with van der Waals surface area (Å²) in [6.45, 7) is 7.14. The molecule has 3 aliphatic rings. The van der Waals surface area contributed by atoms with E-state index in [0.29, 0.717) is 0 Å². The van der Waals surface area contributed by atoms with Crippen molar-refractivity contribution in [2.24, 2.45) is 0 Å². The molecule has 1 aromatic rings. The predicted octanol–water partition coefficient (Wildman–Crippen LogP) is 4.41. The van der Waals surface area contributed by atoms with Crippen LogP contribution in [0, 0.1) is 20.8 Å². The molecule has 0 atom stereocenters. The van der Waals surface area contributed by atoms with Crippen LogP contribution in [-0.4, -0.2) is 23.8 Å². The second-order valence-corrected chi connectivity index (χ2v) is 7.92. The summed E-state index contributed by atoms with van der Waals surface area (Å²) >= 11 is 0. The molecule has 3 heteroatoms. The number of rotatable bonds is 1. The monoisotopic (exact) mass is 326 g/mol. The van der Waals surface area contributed by atoms with E-state index < -0.39 is 5.60 Å². The summed E-state index contributed by atoms with van der Waals surface area (Å²) in [6, 6.07) is 4.29. The summed E-state index contributed by atoms with van der Waals surface area (Å²) in [5.41, 5.74) is 5.00. The standard InChI is InChI=1S/C21H26O3/c1-14-11-15(2)18(16(3)12-14)17-13-21(24-19(17)22)8-6-20(7-9-21)5-4-10-23-20/h11-13H,4-10H2,1-3H3/t20-,21+. The van der Waals surface area contributed by atoms with Crippen molar-refractivity contribution in [2.45, 2.75) is 70.5 Å². The second-order valence-electron chi connectivity index (χ2n) is 7.92. The Hall–Kier alpha value is -1.61. The summed E-state index contributed by atoms with van der Waals surface area (Å²) < 4.78 is 11.9. The molecule has 2 aliphatic heterocycles. The van der Waals surface area contributed by atoms with Gasteiger partial charge in [-0.3, -0.25) is 0 Å². The van der Waals surface area contributed by atoms with Crippen molar-refractivity contribution < 1.29 is 14.3 Å². The fourth-order valence-corrected chi connectivity index (χ4v) is 4.89. The lowest BCUT2D eigenvalue weighted by molar-refractivity contribution is -0.152. The van der Waals surface area contributed by atoms with Gasteiger partial charge in [0.25, 0.3) is 0 Å². The predicted molar refractivity (Wildman–Crippen MR) is 93.8 cm³/mol. The SMILES string of the molecule is Cc1cc(C)c(C2=C[C@]3(CC[C@@]4(CCCO4)CC3)OC2=O)c(C)c1. The maximum Gasteiger partial charge on any atom is 0.339 e. The Kier molecular flexibility index (Phi) is 3.61. The lowest BCUT2D eigenvalue weighted by Gasteiger charge is -2.40. The molecular weight excluding hydrogens is 300 g/mol. The van der Waals surface area contributed by atoms with E-state index >= 15 is 0 Å². The van der Waals surface area contributed by atoms with Gasteiger partial charge in [-0.05, 0) is 82.1 Å². The zero-order valence-electron chi connectivity index (χ0n) is 14.9. The molecule has 1 saturated carbocycles. The van der Waals surface area contributed by atoms with Crippen LogP contribution < -0.4 is 0 Å². The van der Waals surface area contributed by atoms with Gasteiger partial charge in [0.15, 0.2) is 0 Å². The lowest BCUT2D eigenvalue weighted by atomic mass is 9.74. The van der Waals surface area contributed by atoms with Crippen molar-refractivity contribution >= 4 is 11.5 Å². The van der Waals surface area contributed by atoms with Crippen LogP contribution in [0.25, 0.3) is 5.57 Å². The summed E-state index contributed by atoms with van der Waals surface area (Å²) in [4.78, 5) is 12.6. The molecule has 2 fully saturated rings. The van der Waals surface area contributed by atoms with Gasteiger partial charge < -0.3 is 9.47 Å². The van der Waals surface area contributed by atoms with Crippen molar-refractivity contribution in [2.75, 3.05) is 6.61 Å². The van der Waals surface area contributed by atoms with E-state index in [1.165, 1.54) is 5.56 Å². The minimum atomic E-state index is -0.409. The Balaban J connectivity index is 1.64. The number of benzene rings is 1. The average Bonchev–Trinajstić information content (AvgIpc) is 3.08. The van der Waals surface area contributed by atoms with E-state index in [1.807, 2.05) is 0 Å². The molecule has 1 aromatic carbocycles. The van der Waals surface area contributed by atoms with Crippen LogP contribution in [0.2, 0.25) is 0 Å². The number of hydrogen-bond donors (Lipinski definition) is 0. The first kappa shape index (κ1) is 15.9. The highest BCUT2D eigenvalue weighted by molar-refractivity contribution is 6.19. The Labute approximate surface area is 144 Å². The minimum Gasteiger partial charge on any atom is -0.451 e. The van der Waals surface area contributed by atoms with E-state index in [9.17, 15) is 4.79 Å². The van der Waals surface area contributed by atoms with Gasteiger partial charge in [-0.1, -0.05) is 17.7 Å². The molecule has 0 bridgehead atoms. The fraction of sp³-hybridized carbons (Fsp3) is 0.571. The number of carbonyl (C=O) groups excluding carboxylic acids is 1. The van der Waals surface area contributed by atoms with Crippen molar-refractivity contribution in [1.82, 2.24) is 0 Å². The number of hydrogen-bond acceptors (Lipinski definition) is 3. The third-order valence-electron chi connectivity index (χ3n) is 6.06. The first-order valence-corrected chi connectivity index (χ1v) is 9.10. The minimum absolute atomic E-state index is 0.0595. The Morgan fingerprint density at radius 3 is 2.21 bits per heavy atom. The molecule has 1 saturated heterocycles. The fourth-order valence-electron chi connectivity index (χ4n) is 4.89. The third-order valence-corrected chi connectivity index (χ3v) is 6.06. The molecule has 3 nitrogen and oxygen atoms in total. The van der Waals surface area contributed by atoms with E-state index in [4.69, 9.17) is 9.47 Å². The Bertz CT molecular complexity index is 690. The molecule has 2 heterocycles. The van der Waals surface area contributed by atoms with Gasteiger partial charge in [-0.25, -0.2) is 4.79 Å². The molecule has 24 heavy (non-hydrogen) atoms. The summed E-state index contributed by atoms with van der Waals surface area (Å²) in [7, 11) is 0. The second kappa shape index (κ2) is 5.45. The molecule has 0 N–H and O–H groups in total. The van der Waals surface area contributed by atoms with Gasteiger partial charge in [-0.2, -0.15) is 0 Å². The molecule has 0 aromatic heterocycles. The molecular formula is C21H26O3. The Morgan fingerprint density at radius 1 is 0.958 bits per heavy atom. The quantitative estimate of drug-likeness (QED) is 0.717. The van der Waals surface area contributed by atoms with Crippen LogP contribution in [0.1, 0.15) is 60.8 Å². The first-order valence-electron chi connectivity index (χ1n) is 9.10. The first-order chi connectivity index (χ1) is 11.4. The molecule has 0 unspecified atom stereocenters. The number of aryl methyl sites for hydroxylation is 3. The zero-order valence-corrected chi connectivity index (χ0v) is 14.9. The van der Waals surface area contributed by atoms with Gasteiger partial charge in [0.2, 0.25) is 0 Å². The van der Waals surface area contributed by atoms with E-state index in [1.54, 1.807) is 0 Å². The van der Waals surface area contributed by atoms with E-state index in [0.717, 1.165) is 67.4 Å². The summed E-state index contributed by atoms with van der Waals surface area (Å²) in [5, 5.41) is 0. The van der Waals surface area contributed by atoms with Crippen LogP contribution >= 0.6 is 0 Å². The summed E-state index contributed by atoms with van der Waals surface area (Å²) in [5.74, 6) is -0.159. The number of carbonyl (C=O) groups is 1.